The standard InChI is InChI=1S/C35H40ClFN6O4/c1-35(2,3)47-34(44)43-21-12-13-22(43)18-42(17-21)32-25-16-38-31(27-24-11-7-6-9-20(24)15-26(45-5)28(27)36)29(37)30(25)39-33(40-32)46-19-23-10-8-14-41(23)4/h6-7,9,11,15-16,21-23H,8,10,12-14,17-19H2,1-5H3/t21?,22?,23-/m0/s1. The molecule has 2 aromatic carbocycles. The third kappa shape index (κ3) is 5.88. The number of fused-ring (bicyclic) bond motifs is 4. The minimum atomic E-state index is -0.621. The zero-order chi connectivity index (χ0) is 33.0. The summed E-state index contributed by atoms with van der Waals surface area (Å²) >= 11 is 6.84. The zero-order valence-corrected chi connectivity index (χ0v) is 28.2. The fourth-order valence-corrected chi connectivity index (χ4v) is 7.55. The lowest BCUT2D eigenvalue weighted by molar-refractivity contribution is 0.0122. The van der Waals surface area contributed by atoms with Gasteiger partial charge in [0.1, 0.15) is 35.0 Å². The number of benzene rings is 2. The van der Waals surface area contributed by atoms with E-state index in [0.717, 1.165) is 43.0 Å². The Morgan fingerprint density at radius 2 is 1.83 bits per heavy atom. The topological polar surface area (TPSA) is 93.2 Å². The lowest BCUT2D eigenvalue weighted by Gasteiger charge is -2.42. The Morgan fingerprint density at radius 1 is 1.09 bits per heavy atom. The van der Waals surface area contributed by atoms with Crippen LogP contribution >= 0.6 is 11.6 Å². The van der Waals surface area contributed by atoms with E-state index in [1.807, 2.05) is 56.0 Å². The van der Waals surface area contributed by atoms with Gasteiger partial charge in [-0.15, -0.1) is 0 Å². The van der Waals surface area contributed by atoms with Gasteiger partial charge in [-0.25, -0.2) is 9.18 Å². The quantitative estimate of drug-likeness (QED) is 0.223. The molecule has 3 saturated heterocycles. The van der Waals surface area contributed by atoms with Crippen LogP contribution in [-0.4, -0.2) is 95.0 Å². The lowest BCUT2D eigenvalue weighted by atomic mass is 10.00. The molecule has 47 heavy (non-hydrogen) atoms. The lowest BCUT2D eigenvalue weighted by Crippen LogP contribution is -2.57. The van der Waals surface area contributed by atoms with Crippen molar-refractivity contribution in [1.29, 1.82) is 0 Å². The van der Waals surface area contributed by atoms with Crippen molar-refractivity contribution in [2.75, 3.05) is 45.3 Å². The maximum Gasteiger partial charge on any atom is 0.410 e. The monoisotopic (exact) mass is 662 g/mol. The highest BCUT2D eigenvalue weighted by Crippen LogP contribution is 2.44. The Hall–Kier alpha value is -3.96. The van der Waals surface area contributed by atoms with E-state index in [1.54, 1.807) is 6.20 Å². The Morgan fingerprint density at radius 3 is 2.51 bits per heavy atom. The van der Waals surface area contributed by atoms with Crippen molar-refractivity contribution in [3.63, 3.8) is 0 Å². The third-order valence-electron chi connectivity index (χ3n) is 9.52. The molecule has 3 fully saturated rings. The molecule has 12 heteroatoms. The van der Waals surface area contributed by atoms with Gasteiger partial charge >= 0.3 is 12.1 Å². The number of halogens is 2. The van der Waals surface area contributed by atoms with Crippen LogP contribution in [0.25, 0.3) is 32.9 Å². The molecular weight excluding hydrogens is 623 g/mol. The normalized spacial score (nSPS) is 21.6. The van der Waals surface area contributed by atoms with Gasteiger partial charge in [-0.2, -0.15) is 9.97 Å². The minimum Gasteiger partial charge on any atom is -0.495 e. The number of likely N-dealkylation sites (tertiary alicyclic amines) is 1. The number of amides is 1. The smallest absolute Gasteiger partial charge is 0.410 e. The van der Waals surface area contributed by atoms with Gasteiger partial charge in [-0.05, 0) is 76.9 Å². The molecule has 0 saturated carbocycles. The second-order valence-corrected chi connectivity index (χ2v) is 14.1. The molecule has 0 N–H and O–H groups in total. The molecule has 4 aromatic rings. The van der Waals surface area contributed by atoms with Crippen molar-refractivity contribution in [1.82, 2.24) is 24.8 Å². The molecular formula is C35H40ClFN6O4. The number of pyridine rings is 1. The van der Waals surface area contributed by atoms with E-state index in [0.29, 0.717) is 42.2 Å². The number of rotatable bonds is 6. The first kappa shape index (κ1) is 31.6. The van der Waals surface area contributed by atoms with Gasteiger partial charge in [-0.3, -0.25) is 9.88 Å². The molecule has 10 nitrogen and oxygen atoms in total. The van der Waals surface area contributed by atoms with Gasteiger partial charge in [0.2, 0.25) is 0 Å². The molecule has 2 unspecified atom stereocenters. The van der Waals surface area contributed by atoms with Crippen LogP contribution < -0.4 is 14.4 Å². The van der Waals surface area contributed by atoms with Crippen LogP contribution in [0.5, 0.6) is 11.8 Å². The van der Waals surface area contributed by atoms with Crippen LogP contribution in [0.1, 0.15) is 46.5 Å². The van der Waals surface area contributed by atoms with Crippen LogP contribution in [-0.2, 0) is 4.74 Å². The molecule has 3 aliphatic rings. The van der Waals surface area contributed by atoms with Gasteiger partial charge in [0, 0.05) is 30.9 Å². The number of anilines is 1. The number of methoxy groups -OCH3 is 1. The highest BCUT2D eigenvalue weighted by molar-refractivity contribution is 6.36. The molecule has 7 rings (SSSR count). The summed E-state index contributed by atoms with van der Waals surface area (Å²) < 4.78 is 34.4. The number of likely N-dealkylation sites (N-methyl/N-ethyl adjacent to an activating group) is 1. The van der Waals surface area contributed by atoms with Crippen molar-refractivity contribution < 1.29 is 23.4 Å². The highest BCUT2D eigenvalue weighted by atomic mass is 35.5. The van der Waals surface area contributed by atoms with Crippen LogP contribution in [0.15, 0.2) is 36.5 Å². The molecule has 0 spiro atoms. The molecule has 0 radical (unpaired) electrons. The van der Waals surface area contributed by atoms with E-state index in [9.17, 15) is 4.79 Å². The Balaban J connectivity index is 1.32. The van der Waals surface area contributed by atoms with Crippen molar-refractivity contribution >= 4 is 45.2 Å². The number of hydrogen-bond acceptors (Lipinski definition) is 9. The molecule has 5 heterocycles. The molecule has 3 aliphatic heterocycles. The van der Waals surface area contributed by atoms with Crippen molar-refractivity contribution in [3.8, 4) is 23.0 Å². The second kappa shape index (κ2) is 12.2. The number of carbonyl (C=O) groups is 1. The minimum absolute atomic E-state index is 0.0656. The Labute approximate surface area is 278 Å². The van der Waals surface area contributed by atoms with Crippen molar-refractivity contribution in [3.05, 3.63) is 47.4 Å². The summed E-state index contributed by atoms with van der Waals surface area (Å²) in [6.07, 6.45) is 5.11. The van der Waals surface area contributed by atoms with Crippen LogP contribution in [0.3, 0.4) is 0 Å². The predicted molar refractivity (Wildman–Crippen MR) is 180 cm³/mol. The summed E-state index contributed by atoms with van der Waals surface area (Å²) in [4.78, 5) is 33.5. The van der Waals surface area contributed by atoms with Gasteiger partial charge in [0.15, 0.2) is 5.82 Å². The number of piperazine rings is 1. The van der Waals surface area contributed by atoms with Crippen LogP contribution in [0.4, 0.5) is 15.0 Å². The summed E-state index contributed by atoms with van der Waals surface area (Å²) in [5.74, 6) is 0.336. The SMILES string of the molecule is COc1cc2ccccc2c(-c2ncc3c(N4CC5CCC(C4)N5C(=O)OC(C)(C)C)nc(OC[C@@H]4CCCN4C)nc3c2F)c1Cl. The van der Waals surface area contributed by atoms with Gasteiger partial charge in [0.05, 0.1) is 29.6 Å². The summed E-state index contributed by atoms with van der Waals surface area (Å²) in [6.45, 7) is 8.05. The van der Waals surface area contributed by atoms with E-state index in [-0.39, 0.29) is 46.5 Å². The number of carbonyl (C=O) groups excluding carboxylic acids is 1. The number of nitrogens with zero attached hydrogens (tertiary/aromatic N) is 6. The summed E-state index contributed by atoms with van der Waals surface area (Å²) in [7, 11) is 3.61. The van der Waals surface area contributed by atoms with E-state index in [2.05, 4.69) is 26.8 Å². The number of aromatic nitrogens is 3. The predicted octanol–water partition coefficient (Wildman–Crippen LogP) is 6.71. The van der Waals surface area contributed by atoms with E-state index < -0.39 is 11.4 Å². The van der Waals surface area contributed by atoms with E-state index in [1.165, 1.54) is 7.11 Å². The first-order chi connectivity index (χ1) is 22.5. The summed E-state index contributed by atoms with van der Waals surface area (Å²) in [6, 6.07) is 9.63. The van der Waals surface area contributed by atoms with E-state index in [4.69, 9.17) is 30.8 Å². The zero-order valence-electron chi connectivity index (χ0n) is 27.4. The summed E-state index contributed by atoms with van der Waals surface area (Å²) in [5, 5.41) is 2.32. The first-order valence-electron chi connectivity index (χ1n) is 16.2. The molecule has 248 valence electrons. The fourth-order valence-electron chi connectivity index (χ4n) is 7.23. The first-order valence-corrected chi connectivity index (χ1v) is 16.6. The number of ether oxygens (including phenoxy) is 3. The molecule has 0 aliphatic carbocycles. The highest BCUT2D eigenvalue weighted by Gasteiger charge is 2.45. The van der Waals surface area contributed by atoms with Gasteiger partial charge in [0.25, 0.3) is 0 Å². The van der Waals surface area contributed by atoms with Gasteiger partial charge < -0.3 is 24.0 Å². The van der Waals surface area contributed by atoms with E-state index >= 15 is 4.39 Å². The molecule has 2 bridgehead atoms. The second-order valence-electron chi connectivity index (χ2n) is 13.8. The van der Waals surface area contributed by atoms with Crippen molar-refractivity contribution in [2.45, 2.75) is 70.2 Å². The van der Waals surface area contributed by atoms with Crippen molar-refractivity contribution in [2.24, 2.45) is 0 Å². The third-order valence-corrected chi connectivity index (χ3v) is 9.89. The molecule has 1 amide bonds. The van der Waals surface area contributed by atoms with Crippen LogP contribution in [0, 0.1) is 5.82 Å². The van der Waals surface area contributed by atoms with Crippen LogP contribution in [0.2, 0.25) is 5.02 Å². The largest absolute Gasteiger partial charge is 0.495 e. The Bertz CT molecular complexity index is 1840. The fraction of sp³-hybridized carbons (Fsp3) is 0.486. The summed E-state index contributed by atoms with van der Waals surface area (Å²) in [5.41, 5.74) is 0.00654. The maximum atomic E-state index is 16.9. The Kier molecular flexibility index (Phi) is 8.24. The maximum absolute atomic E-state index is 16.9. The average molecular weight is 663 g/mol. The molecule has 2 aromatic heterocycles. The van der Waals surface area contributed by atoms with Gasteiger partial charge in [-0.1, -0.05) is 35.9 Å². The average Bonchev–Trinajstić information content (AvgIpc) is 3.57. The number of hydrogen-bond donors (Lipinski definition) is 0. The molecule has 3 atom stereocenters.